The zero-order valence-electron chi connectivity index (χ0n) is 16.3. The summed E-state index contributed by atoms with van der Waals surface area (Å²) in [6.07, 6.45) is 1.10. The topological polar surface area (TPSA) is 88.6 Å². The van der Waals surface area contributed by atoms with Crippen LogP contribution in [0.3, 0.4) is 0 Å². The molecule has 1 aromatic rings. The fourth-order valence-electron chi connectivity index (χ4n) is 4.22. The molecule has 2 aliphatic heterocycles. The minimum atomic E-state index is -0.416. The summed E-state index contributed by atoms with van der Waals surface area (Å²) in [4.78, 5) is 16.3. The number of Topliss-reactive ketones (excluding diaryl/α,β-unsaturated/α-hetero) is 1. The highest BCUT2D eigenvalue weighted by molar-refractivity contribution is 7.10. The summed E-state index contributed by atoms with van der Waals surface area (Å²) in [7, 11) is 0. The summed E-state index contributed by atoms with van der Waals surface area (Å²) in [6, 6.07) is 4.30. The number of carbonyl (C=O) groups is 1. The summed E-state index contributed by atoms with van der Waals surface area (Å²) in [5.74, 6) is 0.395. The third-order valence-corrected chi connectivity index (χ3v) is 6.59. The first-order valence-corrected chi connectivity index (χ1v) is 10.5. The zero-order chi connectivity index (χ0) is 19.9. The number of nitriles is 1. The van der Waals surface area contributed by atoms with Crippen molar-refractivity contribution >= 4 is 17.1 Å². The van der Waals surface area contributed by atoms with Crippen LogP contribution in [0.1, 0.15) is 43.0 Å². The predicted molar refractivity (Wildman–Crippen MR) is 106 cm³/mol. The number of ether oxygens (including phenoxy) is 2. The van der Waals surface area contributed by atoms with E-state index in [0.29, 0.717) is 29.7 Å². The molecule has 1 saturated heterocycles. The normalized spacial score (nSPS) is 25.3. The maximum absolute atomic E-state index is 13.0. The lowest BCUT2D eigenvalue weighted by atomic mass is 9.71. The molecule has 0 radical (unpaired) electrons. The van der Waals surface area contributed by atoms with Crippen LogP contribution in [-0.2, 0) is 20.8 Å². The summed E-state index contributed by atoms with van der Waals surface area (Å²) in [5, 5.41) is 11.8. The molecule has 0 spiro atoms. The predicted octanol–water partition coefficient (Wildman–Crippen LogP) is 3.03. The number of allylic oxidation sites excluding steroid dienone is 3. The van der Waals surface area contributed by atoms with Crippen LogP contribution < -0.4 is 5.73 Å². The first kappa shape index (κ1) is 19.2. The van der Waals surface area contributed by atoms with Gasteiger partial charge < -0.3 is 15.2 Å². The number of thiophene rings is 1. The van der Waals surface area contributed by atoms with Crippen molar-refractivity contribution in [2.45, 2.75) is 39.2 Å². The second-order valence-electron chi connectivity index (χ2n) is 8.45. The van der Waals surface area contributed by atoms with Gasteiger partial charge in [-0.05, 0) is 22.4 Å². The summed E-state index contributed by atoms with van der Waals surface area (Å²) >= 11 is 1.58. The Labute approximate surface area is 169 Å². The van der Waals surface area contributed by atoms with Gasteiger partial charge in [0.05, 0.1) is 19.1 Å². The largest absolute Gasteiger partial charge is 0.444 e. The lowest BCUT2D eigenvalue weighted by Crippen LogP contribution is -2.35. The Morgan fingerprint density at radius 2 is 2.11 bits per heavy atom. The van der Waals surface area contributed by atoms with Gasteiger partial charge in [-0.3, -0.25) is 9.69 Å². The van der Waals surface area contributed by atoms with Crippen molar-refractivity contribution in [2.24, 2.45) is 11.1 Å². The fourth-order valence-corrected chi connectivity index (χ4v) is 5.24. The minimum absolute atomic E-state index is 0.0552. The highest BCUT2D eigenvalue weighted by atomic mass is 32.1. The number of hydrogen-bond donors (Lipinski definition) is 1. The van der Waals surface area contributed by atoms with Gasteiger partial charge in [0, 0.05) is 42.9 Å². The molecule has 3 aliphatic rings. The van der Waals surface area contributed by atoms with E-state index < -0.39 is 5.92 Å². The molecule has 3 heterocycles. The van der Waals surface area contributed by atoms with E-state index in [1.54, 1.807) is 11.3 Å². The van der Waals surface area contributed by atoms with Crippen LogP contribution in [-0.4, -0.2) is 37.0 Å². The second-order valence-corrected chi connectivity index (χ2v) is 9.39. The van der Waals surface area contributed by atoms with Crippen LogP contribution >= 0.6 is 11.3 Å². The molecule has 7 heteroatoms. The molecule has 0 bridgehead atoms. The number of rotatable bonds is 3. The number of morpholine rings is 1. The highest BCUT2D eigenvalue weighted by Gasteiger charge is 2.43. The van der Waals surface area contributed by atoms with Gasteiger partial charge in [-0.2, -0.15) is 5.26 Å². The number of hydrogen-bond acceptors (Lipinski definition) is 7. The minimum Gasteiger partial charge on any atom is -0.444 e. The van der Waals surface area contributed by atoms with Gasteiger partial charge in [-0.25, -0.2) is 0 Å². The number of nitrogens with zero attached hydrogens (tertiary/aromatic N) is 2. The van der Waals surface area contributed by atoms with Gasteiger partial charge in [0.1, 0.15) is 17.4 Å². The van der Waals surface area contributed by atoms with E-state index in [1.807, 2.05) is 0 Å². The average molecular weight is 400 g/mol. The molecule has 4 rings (SSSR count). The smallest absolute Gasteiger partial charge is 0.205 e. The van der Waals surface area contributed by atoms with E-state index in [2.05, 4.69) is 36.3 Å². The van der Waals surface area contributed by atoms with Crippen molar-refractivity contribution in [1.29, 1.82) is 5.26 Å². The highest BCUT2D eigenvalue weighted by Crippen LogP contribution is 2.48. The van der Waals surface area contributed by atoms with E-state index in [4.69, 9.17) is 15.2 Å². The van der Waals surface area contributed by atoms with Crippen LogP contribution in [0.5, 0.6) is 0 Å². The Morgan fingerprint density at radius 3 is 2.82 bits per heavy atom. The maximum Gasteiger partial charge on any atom is 0.205 e. The molecule has 0 amide bonds. The lowest BCUT2D eigenvalue weighted by Gasteiger charge is -2.36. The van der Waals surface area contributed by atoms with E-state index >= 15 is 0 Å². The molecule has 1 atom stereocenters. The fraction of sp³-hybridized carbons (Fsp3) is 0.524. The first-order valence-electron chi connectivity index (χ1n) is 9.59. The Morgan fingerprint density at radius 1 is 1.36 bits per heavy atom. The molecular formula is C21H25N3O3S. The molecule has 28 heavy (non-hydrogen) atoms. The summed E-state index contributed by atoms with van der Waals surface area (Å²) < 4.78 is 11.2. The van der Waals surface area contributed by atoms with Crippen molar-refractivity contribution in [3.63, 3.8) is 0 Å². The summed E-state index contributed by atoms with van der Waals surface area (Å²) in [6.45, 7) is 8.31. The van der Waals surface area contributed by atoms with Crippen LogP contribution in [0, 0.1) is 16.7 Å². The number of carbonyl (C=O) groups excluding carboxylic acids is 1. The van der Waals surface area contributed by atoms with Crippen molar-refractivity contribution in [3.8, 4) is 6.07 Å². The van der Waals surface area contributed by atoms with Crippen LogP contribution in [0.15, 0.2) is 34.2 Å². The molecule has 0 saturated carbocycles. The molecule has 2 N–H and O–H groups in total. The van der Waals surface area contributed by atoms with E-state index in [0.717, 1.165) is 37.7 Å². The van der Waals surface area contributed by atoms with Gasteiger partial charge in [0.15, 0.2) is 5.78 Å². The van der Waals surface area contributed by atoms with E-state index in [1.165, 1.54) is 5.56 Å². The lowest BCUT2D eigenvalue weighted by molar-refractivity contribution is -0.119. The molecule has 1 aromatic heterocycles. The SMILES string of the molecule is CC1(C)CC(=O)C2=C(C1)OC(N)=C(C#N)[C@H]2c1cc(CN2CCOCC2)cs1. The van der Waals surface area contributed by atoms with Crippen molar-refractivity contribution < 1.29 is 14.3 Å². The molecule has 1 fully saturated rings. The van der Waals surface area contributed by atoms with E-state index in [9.17, 15) is 10.1 Å². The molecule has 0 aromatic carbocycles. The quantitative estimate of drug-likeness (QED) is 0.840. The third kappa shape index (κ3) is 3.60. The Kier molecular flexibility index (Phi) is 5.04. The van der Waals surface area contributed by atoms with Crippen LogP contribution in [0.4, 0.5) is 0 Å². The Balaban J connectivity index is 1.67. The van der Waals surface area contributed by atoms with Gasteiger partial charge in [0.2, 0.25) is 5.88 Å². The molecule has 1 aliphatic carbocycles. The van der Waals surface area contributed by atoms with Crippen molar-refractivity contribution in [1.82, 2.24) is 4.90 Å². The molecule has 6 nitrogen and oxygen atoms in total. The molecular weight excluding hydrogens is 374 g/mol. The standard InChI is InChI=1S/C21H25N3O3S/c1-21(2)8-15(25)19-16(9-21)27-20(23)14(10-22)18(19)17-7-13(12-28-17)11-24-3-5-26-6-4-24/h7,12,18H,3-6,8-9,11,23H2,1-2H3/t18-/m0/s1. The summed E-state index contributed by atoms with van der Waals surface area (Å²) in [5.41, 5.74) is 8.07. The third-order valence-electron chi connectivity index (χ3n) is 5.54. The maximum atomic E-state index is 13.0. The number of ketones is 1. The first-order chi connectivity index (χ1) is 13.4. The Bertz CT molecular complexity index is 900. The zero-order valence-corrected chi connectivity index (χ0v) is 17.1. The van der Waals surface area contributed by atoms with Crippen molar-refractivity contribution in [2.75, 3.05) is 26.3 Å². The van der Waals surface area contributed by atoms with Gasteiger partial charge in [-0.1, -0.05) is 13.8 Å². The van der Waals surface area contributed by atoms with Gasteiger partial charge >= 0.3 is 0 Å². The molecule has 0 unspecified atom stereocenters. The Hall–Kier alpha value is -2.14. The monoisotopic (exact) mass is 399 g/mol. The van der Waals surface area contributed by atoms with Crippen LogP contribution in [0.25, 0.3) is 0 Å². The average Bonchev–Trinajstić information content (AvgIpc) is 3.08. The number of nitrogens with two attached hydrogens (primary N) is 1. The second kappa shape index (κ2) is 7.36. The van der Waals surface area contributed by atoms with Gasteiger partial charge in [-0.15, -0.1) is 11.3 Å². The molecule has 148 valence electrons. The van der Waals surface area contributed by atoms with Crippen LogP contribution in [0.2, 0.25) is 0 Å². The van der Waals surface area contributed by atoms with Crippen molar-refractivity contribution in [3.05, 3.63) is 44.7 Å². The van der Waals surface area contributed by atoms with Gasteiger partial charge in [0.25, 0.3) is 0 Å². The van der Waals surface area contributed by atoms with E-state index in [-0.39, 0.29) is 17.1 Å².